The van der Waals surface area contributed by atoms with Crippen LogP contribution < -0.4 is 0 Å². The Hall–Kier alpha value is -2.97. The van der Waals surface area contributed by atoms with Crippen molar-refractivity contribution in [3.63, 3.8) is 0 Å². The average Bonchev–Trinajstić information content (AvgIpc) is 3.43. The van der Waals surface area contributed by atoms with Crippen molar-refractivity contribution >= 4 is 11.4 Å². The Morgan fingerprint density at radius 1 is 0.829 bits per heavy atom. The van der Waals surface area contributed by atoms with E-state index in [-0.39, 0.29) is 0 Å². The minimum Gasteiger partial charge on any atom is -0.299 e. The van der Waals surface area contributed by atoms with Gasteiger partial charge in [0.15, 0.2) is 0 Å². The van der Waals surface area contributed by atoms with Crippen molar-refractivity contribution in [1.29, 1.82) is 0 Å². The topological polar surface area (TPSA) is 15.6 Å². The van der Waals surface area contributed by atoms with Crippen molar-refractivity contribution in [2.75, 3.05) is 13.1 Å². The standard InChI is InChI=1S/C39H48N2/c1-5-30-12-14-32(15-13-30)38-25-35-19-18-34(24-39(35)40-38)37-11-9-10-31(29(37)4)16-17-33-22-28(3)36(23-27(33)2)26-41-20-7-6-8-21-41/h5,9-11,18-19,22-24,30,32H,1,6-8,12-17,20-21,25-26H2,2-4H3. The number of hydrogen-bond donors (Lipinski definition) is 0. The summed E-state index contributed by atoms with van der Waals surface area (Å²) in [4.78, 5) is 7.83. The fourth-order valence-corrected chi connectivity index (χ4v) is 7.57. The second kappa shape index (κ2) is 12.5. The molecule has 3 aliphatic rings. The van der Waals surface area contributed by atoms with Crippen LogP contribution in [0.5, 0.6) is 0 Å². The Kier molecular flexibility index (Phi) is 8.58. The van der Waals surface area contributed by atoms with Crippen LogP contribution in [-0.4, -0.2) is 23.7 Å². The molecule has 1 aliphatic carbocycles. The smallest absolute Gasteiger partial charge is 0.0671 e. The van der Waals surface area contributed by atoms with E-state index in [0.717, 1.165) is 25.8 Å². The molecule has 2 nitrogen and oxygen atoms in total. The van der Waals surface area contributed by atoms with Crippen LogP contribution in [0, 0.1) is 32.6 Å². The molecule has 0 aromatic heterocycles. The minimum atomic E-state index is 0.651. The first kappa shape index (κ1) is 28.2. The van der Waals surface area contributed by atoms with Crippen LogP contribution >= 0.6 is 0 Å². The van der Waals surface area contributed by atoms with Crippen LogP contribution in [0.25, 0.3) is 11.1 Å². The van der Waals surface area contributed by atoms with Gasteiger partial charge in [0.1, 0.15) is 0 Å². The molecule has 0 atom stereocenters. The van der Waals surface area contributed by atoms with E-state index in [0.29, 0.717) is 11.8 Å². The molecule has 0 spiro atoms. The molecule has 41 heavy (non-hydrogen) atoms. The summed E-state index contributed by atoms with van der Waals surface area (Å²) in [6, 6.07) is 18.8. The quantitative estimate of drug-likeness (QED) is 0.258. The first-order chi connectivity index (χ1) is 20.0. The third-order valence-electron chi connectivity index (χ3n) is 10.4. The van der Waals surface area contributed by atoms with Gasteiger partial charge in [-0.25, -0.2) is 0 Å². The number of fused-ring (bicyclic) bond motifs is 1. The summed E-state index contributed by atoms with van der Waals surface area (Å²) in [5.41, 5.74) is 15.4. The highest BCUT2D eigenvalue weighted by molar-refractivity contribution is 5.96. The van der Waals surface area contributed by atoms with Gasteiger partial charge in [-0.05, 0) is 153 Å². The second-order valence-corrected chi connectivity index (χ2v) is 13.1. The highest BCUT2D eigenvalue weighted by Gasteiger charge is 2.27. The third kappa shape index (κ3) is 6.28. The first-order valence-electron chi connectivity index (χ1n) is 16.2. The molecule has 0 unspecified atom stereocenters. The van der Waals surface area contributed by atoms with Crippen molar-refractivity contribution in [2.45, 2.75) is 91.5 Å². The molecule has 3 aromatic carbocycles. The lowest BCUT2D eigenvalue weighted by Gasteiger charge is -2.27. The van der Waals surface area contributed by atoms with Gasteiger partial charge in [0.25, 0.3) is 0 Å². The predicted octanol–water partition coefficient (Wildman–Crippen LogP) is 9.67. The molecule has 2 fully saturated rings. The van der Waals surface area contributed by atoms with E-state index in [4.69, 9.17) is 4.99 Å². The van der Waals surface area contributed by atoms with Crippen LogP contribution in [0.15, 0.2) is 66.2 Å². The largest absolute Gasteiger partial charge is 0.299 e. The van der Waals surface area contributed by atoms with Gasteiger partial charge < -0.3 is 0 Å². The van der Waals surface area contributed by atoms with Crippen molar-refractivity contribution in [3.05, 3.63) is 100 Å². The SMILES string of the molecule is C=CC1CCC(C2=Nc3cc(-c4cccc(CCc5cc(C)c(CN6CCCCC6)cc5C)c4C)ccc3C2)CC1. The summed E-state index contributed by atoms with van der Waals surface area (Å²) in [5, 5.41) is 0. The van der Waals surface area contributed by atoms with E-state index in [1.54, 1.807) is 0 Å². The minimum absolute atomic E-state index is 0.651. The predicted molar refractivity (Wildman–Crippen MR) is 176 cm³/mol. The van der Waals surface area contributed by atoms with Gasteiger partial charge in [-0.2, -0.15) is 0 Å². The maximum absolute atomic E-state index is 5.19. The van der Waals surface area contributed by atoms with Crippen molar-refractivity contribution in [2.24, 2.45) is 16.8 Å². The Morgan fingerprint density at radius 3 is 2.34 bits per heavy atom. The molecule has 0 N–H and O–H groups in total. The number of hydrogen-bond acceptors (Lipinski definition) is 2. The summed E-state index contributed by atoms with van der Waals surface area (Å²) in [6.45, 7) is 14.6. The molecule has 2 aliphatic heterocycles. The molecule has 6 rings (SSSR count). The fraction of sp³-hybridized carbons (Fsp3) is 0.462. The number of aliphatic imine (C=N–C) groups is 1. The Morgan fingerprint density at radius 2 is 1.56 bits per heavy atom. The van der Waals surface area contributed by atoms with Gasteiger partial charge in [-0.15, -0.1) is 6.58 Å². The molecule has 2 heterocycles. The third-order valence-corrected chi connectivity index (χ3v) is 10.4. The molecule has 1 saturated carbocycles. The zero-order valence-electron chi connectivity index (χ0n) is 25.6. The Labute approximate surface area is 248 Å². The van der Waals surface area contributed by atoms with Crippen molar-refractivity contribution < 1.29 is 0 Å². The van der Waals surface area contributed by atoms with Gasteiger partial charge >= 0.3 is 0 Å². The van der Waals surface area contributed by atoms with Gasteiger partial charge in [-0.3, -0.25) is 9.89 Å². The zero-order valence-corrected chi connectivity index (χ0v) is 25.6. The van der Waals surface area contributed by atoms with Gasteiger partial charge in [-0.1, -0.05) is 55.0 Å². The number of nitrogens with zero attached hydrogens (tertiary/aromatic N) is 2. The summed E-state index contributed by atoms with van der Waals surface area (Å²) in [6.07, 6.45) is 14.5. The Balaban J connectivity index is 1.15. The maximum atomic E-state index is 5.19. The first-order valence-corrected chi connectivity index (χ1v) is 16.2. The molecule has 3 aromatic rings. The van der Waals surface area contributed by atoms with Gasteiger partial charge in [0, 0.05) is 18.7 Å². The van der Waals surface area contributed by atoms with E-state index in [2.05, 4.69) is 86.9 Å². The highest BCUT2D eigenvalue weighted by Crippen LogP contribution is 2.39. The number of piperidine rings is 1. The molecule has 214 valence electrons. The van der Waals surface area contributed by atoms with Crippen LogP contribution in [-0.2, 0) is 25.8 Å². The summed E-state index contributed by atoms with van der Waals surface area (Å²) < 4.78 is 0. The number of rotatable bonds is 8. The van der Waals surface area contributed by atoms with E-state index >= 15 is 0 Å². The fourth-order valence-electron chi connectivity index (χ4n) is 7.57. The lowest BCUT2D eigenvalue weighted by Crippen LogP contribution is -2.29. The molecule has 2 heteroatoms. The van der Waals surface area contributed by atoms with E-state index in [1.165, 1.54) is 120 Å². The summed E-state index contributed by atoms with van der Waals surface area (Å²) in [7, 11) is 0. The van der Waals surface area contributed by atoms with Crippen LogP contribution in [0.1, 0.15) is 83.9 Å². The zero-order chi connectivity index (χ0) is 28.3. The van der Waals surface area contributed by atoms with Crippen LogP contribution in [0.2, 0.25) is 0 Å². The van der Waals surface area contributed by atoms with E-state index < -0.39 is 0 Å². The molecular weight excluding hydrogens is 496 g/mol. The number of benzene rings is 3. The maximum Gasteiger partial charge on any atom is 0.0671 e. The number of likely N-dealkylation sites (tertiary alicyclic amines) is 1. The molecule has 1 saturated heterocycles. The van der Waals surface area contributed by atoms with Crippen molar-refractivity contribution in [3.8, 4) is 11.1 Å². The average molecular weight is 545 g/mol. The lowest BCUT2D eigenvalue weighted by atomic mass is 9.79. The highest BCUT2D eigenvalue weighted by atomic mass is 15.1. The lowest BCUT2D eigenvalue weighted by molar-refractivity contribution is 0.220. The normalized spacial score (nSPS) is 21.0. The molecule has 0 radical (unpaired) electrons. The second-order valence-electron chi connectivity index (χ2n) is 13.1. The van der Waals surface area contributed by atoms with Gasteiger partial charge in [0.2, 0.25) is 0 Å². The van der Waals surface area contributed by atoms with E-state index in [9.17, 15) is 0 Å². The molecule has 0 amide bonds. The Bertz CT molecular complexity index is 1430. The van der Waals surface area contributed by atoms with Crippen LogP contribution in [0.4, 0.5) is 5.69 Å². The number of aryl methyl sites for hydroxylation is 4. The number of allylic oxidation sites excluding steroid dienone is 1. The molecule has 0 bridgehead atoms. The summed E-state index contributed by atoms with van der Waals surface area (Å²) in [5.74, 6) is 1.35. The monoisotopic (exact) mass is 544 g/mol. The van der Waals surface area contributed by atoms with E-state index in [1.807, 2.05) is 0 Å². The molecular formula is C39H48N2. The van der Waals surface area contributed by atoms with Crippen LogP contribution in [0.3, 0.4) is 0 Å². The van der Waals surface area contributed by atoms with Gasteiger partial charge in [0.05, 0.1) is 5.69 Å². The van der Waals surface area contributed by atoms with Crippen molar-refractivity contribution in [1.82, 2.24) is 4.90 Å². The summed E-state index contributed by atoms with van der Waals surface area (Å²) >= 11 is 0.